The summed E-state index contributed by atoms with van der Waals surface area (Å²) in [7, 11) is 0. The molecule has 0 saturated heterocycles. The van der Waals surface area contributed by atoms with Gasteiger partial charge in [-0.3, -0.25) is 4.98 Å². The molecule has 1 heterocycles. The summed E-state index contributed by atoms with van der Waals surface area (Å²) in [6.45, 7) is 4.15. The molecule has 1 unspecified atom stereocenters. The van der Waals surface area contributed by atoms with Crippen molar-refractivity contribution in [2.45, 2.75) is 26.3 Å². The fourth-order valence-electron chi connectivity index (χ4n) is 2.12. The van der Waals surface area contributed by atoms with Gasteiger partial charge in [-0.25, -0.2) is 0 Å². The zero-order chi connectivity index (χ0) is 14.0. The van der Waals surface area contributed by atoms with Crippen molar-refractivity contribution in [3.8, 4) is 0 Å². The lowest BCUT2D eigenvalue weighted by Crippen LogP contribution is -2.14. The van der Waals surface area contributed by atoms with Gasteiger partial charge in [0.25, 0.3) is 0 Å². The number of nitrogens with two attached hydrogens (primary N) is 1. The highest BCUT2D eigenvalue weighted by Crippen LogP contribution is 2.27. The predicted octanol–water partition coefficient (Wildman–Crippen LogP) is 4.36. The molecule has 0 aliphatic carbocycles. The molecule has 1 aromatic carbocycles. The minimum absolute atomic E-state index is 0.0644. The maximum absolute atomic E-state index is 6.29. The predicted molar refractivity (Wildman–Crippen MR) is 83.5 cm³/mol. The van der Waals surface area contributed by atoms with Gasteiger partial charge in [-0.1, -0.05) is 39.7 Å². The van der Waals surface area contributed by atoms with E-state index in [0.717, 1.165) is 15.6 Å². The fourth-order valence-corrected chi connectivity index (χ4v) is 2.54. The van der Waals surface area contributed by atoms with Crippen LogP contribution in [0.15, 0.2) is 35.1 Å². The van der Waals surface area contributed by atoms with Crippen molar-refractivity contribution in [1.29, 1.82) is 0 Å². The van der Waals surface area contributed by atoms with Crippen molar-refractivity contribution in [2.75, 3.05) is 0 Å². The third-order valence-electron chi connectivity index (χ3n) is 3.18. The normalized spacial score (nSPS) is 12.5. The summed E-state index contributed by atoms with van der Waals surface area (Å²) in [5.41, 5.74) is 10.9. The number of halogens is 2. The second kappa shape index (κ2) is 6.04. The Bertz CT molecular complexity index is 575. The summed E-state index contributed by atoms with van der Waals surface area (Å²) < 4.78 is 1.14. The van der Waals surface area contributed by atoms with Gasteiger partial charge < -0.3 is 5.73 Å². The Hall–Kier alpha value is -0.900. The first-order valence-corrected chi connectivity index (χ1v) is 7.26. The molecule has 2 N–H and O–H groups in total. The van der Waals surface area contributed by atoms with E-state index in [0.29, 0.717) is 11.4 Å². The molecule has 0 aliphatic heterocycles. The average molecular weight is 340 g/mol. The number of nitrogens with zero attached hydrogens (tertiary/aromatic N) is 1. The number of hydrogen-bond acceptors (Lipinski definition) is 2. The molecule has 2 aromatic rings. The molecule has 0 aliphatic rings. The topological polar surface area (TPSA) is 38.9 Å². The Kier molecular flexibility index (Phi) is 4.61. The zero-order valence-corrected chi connectivity index (χ0v) is 13.3. The second-order valence-corrected chi connectivity index (χ2v) is 5.95. The van der Waals surface area contributed by atoms with Crippen molar-refractivity contribution in [3.05, 3.63) is 62.3 Å². The van der Waals surface area contributed by atoms with E-state index in [1.807, 2.05) is 6.07 Å². The standard InChI is InChI=1S/C15H16BrClN2/c1-9-5-12(6-10(2)15(9)16)14(18)7-11-3-4-19-8-13(11)17/h3-6,8,14H,7,18H2,1-2H3. The van der Waals surface area contributed by atoms with Crippen LogP contribution in [0.5, 0.6) is 0 Å². The van der Waals surface area contributed by atoms with Gasteiger partial charge in [0.05, 0.1) is 5.02 Å². The molecule has 0 radical (unpaired) electrons. The molecule has 2 rings (SSSR count). The van der Waals surface area contributed by atoms with Crippen LogP contribution in [0.3, 0.4) is 0 Å². The van der Waals surface area contributed by atoms with Crippen LogP contribution in [0.1, 0.15) is 28.3 Å². The molecule has 100 valence electrons. The molecule has 0 bridgehead atoms. The van der Waals surface area contributed by atoms with E-state index in [9.17, 15) is 0 Å². The molecule has 0 fully saturated rings. The van der Waals surface area contributed by atoms with Gasteiger partial charge in [0.2, 0.25) is 0 Å². The Labute approximate surface area is 127 Å². The molecule has 1 atom stereocenters. The minimum Gasteiger partial charge on any atom is -0.324 e. The largest absolute Gasteiger partial charge is 0.324 e. The summed E-state index contributed by atoms with van der Waals surface area (Å²) in [4.78, 5) is 3.99. The number of hydrogen-bond donors (Lipinski definition) is 1. The SMILES string of the molecule is Cc1cc(C(N)Cc2ccncc2Cl)cc(C)c1Br. The lowest BCUT2D eigenvalue weighted by molar-refractivity contribution is 0.719. The molecule has 2 nitrogen and oxygen atoms in total. The van der Waals surface area contributed by atoms with Gasteiger partial charge in [-0.2, -0.15) is 0 Å². The minimum atomic E-state index is -0.0644. The van der Waals surface area contributed by atoms with E-state index in [1.54, 1.807) is 12.4 Å². The van der Waals surface area contributed by atoms with E-state index in [-0.39, 0.29) is 6.04 Å². The lowest BCUT2D eigenvalue weighted by atomic mass is 9.97. The van der Waals surface area contributed by atoms with Crippen LogP contribution in [0, 0.1) is 13.8 Å². The third-order valence-corrected chi connectivity index (χ3v) is 4.77. The smallest absolute Gasteiger partial charge is 0.0622 e. The highest BCUT2D eigenvalue weighted by atomic mass is 79.9. The Balaban J connectivity index is 2.26. The molecule has 0 spiro atoms. The van der Waals surface area contributed by atoms with E-state index in [4.69, 9.17) is 17.3 Å². The van der Waals surface area contributed by atoms with Crippen LogP contribution in [0.2, 0.25) is 5.02 Å². The van der Waals surface area contributed by atoms with Crippen LogP contribution in [-0.2, 0) is 6.42 Å². The monoisotopic (exact) mass is 338 g/mol. The highest BCUT2D eigenvalue weighted by Gasteiger charge is 2.12. The molecule has 0 saturated carbocycles. The lowest BCUT2D eigenvalue weighted by Gasteiger charge is -2.15. The maximum atomic E-state index is 6.29. The van der Waals surface area contributed by atoms with Gasteiger partial charge >= 0.3 is 0 Å². The quantitative estimate of drug-likeness (QED) is 0.902. The Morgan fingerprint density at radius 2 is 1.95 bits per heavy atom. The molecular formula is C15H16BrClN2. The summed E-state index contributed by atoms with van der Waals surface area (Å²) in [5, 5.41) is 0.670. The fraction of sp³-hybridized carbons (Fsp3) is 0.267. The van der Waals surface area contributed by atoms with Crippen LogP contribution < -0.4 is 5.73 Å². The summed E-state index contributed by atoms with van der Waals surface area (Å²) in [5.74, 6) is 0. The van der Waals surface area contributed by atoms with Crippen LogP contribution in [0.4, 0.5) is 0 Å². The number of benzene rings is 1. The Morgan fingerprint density at radius 3 is 2.53 bits per heavy atom. The second-order valence-electron chi connectivity index (χ2n) is 4.75. The number of aryl methyl sites for hydroxylation is 2. The van der Waals surface area contributed by atoms with Crippen molar-refractivity contribution >= 4 is 27.5 Å². The summed E-state index contributed by atoms with van der Waals surface area (Å²) in [6, 6.07) is 6.10. The zero-order valence-electron chi connectivity index (χ0n) is 11.0. The van der Waals surface area contributed by atoms with E-state index < -0.39 is 0 Å². The van der Waals surface area contributed by atoms with Crippen LogP contribution >= 0.6 is 27.5 Å². The first kappa shape index (κ1) is 14.5. The summed E-state index contributed by atoms with van der Waals surface area (Å²) in [6.07, 6.45) is 4.11. The van der Waals surface area contributed by atoms with Gasteiger partial charge in [-0.05, 0) is 48.6 Å². The highest BCUT2D eigenvalue weighted by molar-refractivity contribution is 9.10. The average Bonchev–Trinajstić information content (AvgIpc) is 2.38. The van der Waals surface area contributed by atoms with E-state index >= 15 is 0 Å². The first-order chi connectivity index (χ1) is 8.99. The maximum Gasteiger partial charge on any atom is 0.0622 e. The molecule has 19 heavy (non-hydrogen) atoms. The van der Waals surface area contributed by atoms with Gasteiger partial charge in [-0.15, -0.1) is 0 Å². The molecule has 4 heteroatoms. The third kappa shape index (κ3) is 3.35. The van der Waals surface area contributed by atoms with Crippen LogP contribution in [0.25, 0.3) is 0 Å². The number of rotatable bonds is 3. The number of pyridine rings is 1. The molecular weight excluding hydrogens is 324 g/mol. The van der Waals surface area contributed by atoms with Gasteiger partial charge in [0.15, 0.2) is 0 Å². The van der Waals surface area contributed by atoms with E-state index in [1.165, 1.54) is 11.1 Å². The molecule has 0 amide bonds. The summed E-state index contributed by atoms with van der Waals surface area (Å²) >= 11 is 9.69. The first-order valence-electron chi connectivity index (χ1n) is 6.09. The van der Waals surface area contributed by atoms with Crippen LogP contribution in [-0.4, -0.2) is 4.98 Å². The van der Waals surface area contributed by atoms with Gasteiger partial charge in [0.1, 0.15) is 0 Å². The Morgan fingerprint density at radius 1 is 1.32 bits per heavy atom. The van der Waals surface area contributed by atoms with Crippen molar-refractivity contribution < 1.29 is 0 Å². The van der Waals surface area contributed by atoms with Gasteiger partial charge in [0, 0.05) is 22.9 Å². The van der Waals surface area contributed by atoms with Crippen molar-refractivity contribution in [2.24, 2.45) is 5.73 Å². The van der Waals surface area contributed by atoms with Crippen molar-refractivity contribution in [3.63, 3.8) is 0 Å². The van der Waals surface area contributed by atoms with E-state index in [2.05, 4.69) is 46.9 Å². The molecule has 1 aromatic heterocycles. The van der Waals surface area contributed by atoms with Crippen molar-refractivity contribution in [1.82, 2.24) is 4.98 Å². The number of aromatic nitrogens is 1.